The predicted octanol–water partition coefficient (Wildman–Crippen LogP) is 0.785. The topological polar surface area (TPSA) is 49.4 Å². The minimum Gasteiger partial charge on any atom is -0.358 e. The smallest absolute Gasteiger partial charge is 0.239 e. The van der Waals surface area contributed by atoms with E-state index in [1.165, 1.54) is 11.9 Å². The summed E-state index contributed by atoms with van der Waals surface area (Å²) in [4.78, 5) is 24.1. The highest BCUT2D eigenvalue weighted by Gasteiger charge is 2.13. The van der Waals surface area contributed by atoms with Crippen molar-refractivity contribution < 1.29 is 11.0 Å². The second-order valence-electron chi connectivity index (χ2n) is 2.99. The maximum atomic E-state index is 11.5. The van der Waals surface area contributed by atoms with E-state index in [4.69, 9.17) is 1.37 Å². The van der Waals surface area contributed by atoms with Crippen LogP contribution >= 0.6 is 0 Å². The molecule has 0 saturated carbocycles. The molecule has 15 heavy (non-hydrogen) atoms. The first-order chi connectivity index (χ1) is 7.69. The van der Waals surface area contributed by atoms with Crippen LogP contribution in [0.4, 0.5) is 5.69 Å². The van der Waals surface area contributed by atoms with Crippen molar-refractivity contribution >= 4 is 17.5 Å². The molecule has 0 aliphatic rings. The number of carbonyl (C=O) groups excluding carboxylic acids is 2. The predicted molar refractivity (Wildman–Crippen MR) is 58.5 cm³/mol. The molecule has 80 valence electrons. The van der Waals surface area contributed by atoms with Gasteiger partial charge in [0.2, 0.25) is 11.8 Å². The van der Waals surface area contributed by atoms with Crippen molar-refractivity contribution in [3.8, 4) is 0 Å². The average molecular weight is 207 g/mol. The number of hydrogen-bond donors (Lipinski definition) is 1. The van der Waals surface area contributed by atoms with Crippen LogP contribution in [0.1, 0.15) is 8.27 Å². The van der Waals surface area contributed by atoms with E-state index >= 15 is 0 Å². The van der Waals surface area contributed by atoms with Crippen molar-refractivity contribution in [3.63, 3.8) is 0 Å². The van der Waals surface area contributed by atoms with Gasteiger partial charge in [0.1, 0.15) is 6.54 Å². The van der Waals surface area contributed by atoms with Gasteiger partial charge in [0.05, 0.1) is 0 Å². The number of rotatable bonds is 3. The molecule has 0 aliphatic heterocycles. The zero-order valence-corrected chi connectivity index (χ0v) is 8.56. The summed E-state index contributed by atoms with van der Waals surface area (Å²) in [5, 5.41) is 2.45. The minimum absolute atomic E-state index is 0.0573. The van der Waals surface area contributed by atoms with Gasteiger partial charge in [-0.05, 0) is 12.1 Å². The van der Waals surface area contributed by atoms with E-state index in [-0.39, 0.29) is 19.4 Å². The molecule has 0 fully saturated rings. The van der Waals surface area contributed by atoms with Crippen LogP contribution in [-0.4, -0.2) is 25.4 Å². The molecule has 0 spiro atoms. The van der Waals surface area contributed by atoms with Crippen LogP contribution in [0.2, 0.25) is 0 Å². The fourth-order valence-electron chi connectivity index (χ4n) is 1.15. The molecule has 1 rings (SSSR count). The molecule has 0 aromatic heterocycles. The molecule has 0 bridgehead atoms. The monoisotopic (exact) mass is 207 g/mol. The van der Waals surface area contributed by atoms with Crippen molar-refractivity contribution in [1.82, 2.24) is 5.32 Å². The van der Waals surface area contributed by atoms with Crippen LogP contribution in [0, 0.1) is 0 Å². The Kier molecular flexibility index (Phi) is 3.33. The average Bonchev–Trinajstić information content (AvgIpc) is 2.35. The maximum absolute atomic E-state index is 11.5. The Morgan fingerprint density at radius 1 is 1.40 bits per heavy atom. The first-order valence-electron chi connectivity index (χ1n) is 5.25. The molecule has 0 saturated heterocycles. The van der Waals surface area contributed by atoms with E-state index in [1.807, 2.05) is 6.07 Å². The molecule has 0 heterocycles. The number of nitrogens with one attached hydrogen (secondary N) is 1. The van der Waals surface area contributed by atoms with E-state index < -0.39 is 5.91 Å². The van der Waals surface area contributed by atoms with Gasteiger partial charge in [-0.1, -0.05) is 18.2 Å². The quantitative estimate of drug-likeness (QED) is 0.796. The van der Waals surface area contributed by atoms with Gasteiger partial charge >= 0.3 is 0 Å². The van der Waals surface area contributed by atoms with Crippen molar-refractivity contribution in [2.75, 3.05) is 18.5 Å². The molecule has 4 nitrogen and oxygen atoms in total. The Bertz CT molecular complexity index is 368. The Balaban J connectivity index is 2.88. The molecule has 1 N–H and O–H groups in total. The van der Waals surface area contributed by atoms with Crippen LogP contribution < -0.4 is 10.2 Å². The summed E-state index contributed by atoms with van der Waals surface area (Å²) in [7, 11) is 1.51. The fourth-order valence-corrected chi connectivity index (χ4v) is 1.15. The molecule has 0 unspecified atom stereocenters. The molecule has 2 amide bonds. The summed E-state index contributed by atoms with van der Waals surface area (Å²) in [6.07, 6.45) is 0. The molecule has 0 aliphatic carbocycles. The number of amides is 2. The van der Waals surface area contributed by atoms with Crippen molar-refractivity contribution in [3.05, 3.63) is 30.3 Å². The van der Waals surface area contributed by atoms with Crippen molar-refractivity contribution in [2.24, 2.45) is 0 Å². The maximum Gasteiger partial charge on any atom is 0.239 e. The minimum atomic E-state index is -0.394. The van der Waals surface area contributed by atoms with Gasteiger partial charge < -0.3 is 10.2 Å². The van der Waals surface area contributed by atoms with E-state index in [2.05, 4.69) is 5.32 Å². The van der Waals surface area contributed by atoms with Crippen LogP contribution in [0.15, 0.2) is 30.3 Å². The molecule has 0 atom stereocenters. The molecule has 1 aromatic carbocycles. The van der Waals surface area contributed by atoms with Gasteiger partial charge in [-0.25, -0.2) is 0 Å². The number of nitrogens with zero attached hydrogens (tertiary/aromatic N) is 1. The molecule has 4 heteroatoms. The zero-order chi connectivity index (χ0) is 12.0. The summed E-state index contributed by atoms with van der Waals surface area (Å²) >= 11 is 0. The highest BCUT2D eigenvalue weighted by atomic mass is 16.2. The van der Waals surface area contributed by atoms with E-state index in [1.54, 1.807) is 24.3 Å². The van der Waals surface area contributed by atoms with Gasteiger partial charge in [0.25, 0.3) is 0 Å². The van der Waals surface area contributed by atoms with E-state index in [0.717, 1.165) is 0 Å². The summed E-state index contributed by atoms with van der Waals surface area (Å²) in [6, 6.07) is 8.85. The molecule has 0 radical (unpaired) electrons. The summed E-state index contributed by atoms with van der Waals surface area (Å²) in [5.41, 5.74) is 0.628. The number of para-hydroxylation sites is 1. The second kappa shape index (κ2) is 5.14. The third-order valence-corrected chi connectivity index (χ3v) is 1.95. The van der Waals surface area contributed by atoms with Gasteiger partial charge in [-0.3, -0.25) is 9.59 Å². The Labute approximate surface area is 90.3 Å². The zero-order valence-electron chi connectivity index (χ0n) is 9.56. The van der Waals surface area contributed by atoms with Crippen LogP contribution in [0.5, 0.6) is 0 Å². The standard InChI is InChI=1S/C11H14N2O2/c1-9(14)13(8-11(15)12-2)10-6-4-3-5-7-10/h3-7H,8H2,1-2H3,(H,12,15)/i1D. The molecule has 1 aromatic rings. The largest absolute Gasteiger partial charge is 0.358 e. The molecular weight excluding hydrogens is 192 g/mol. The first kappa shape index (κ1) is 9.71. The van der Waals surface area contributed by atoms with Gasteiger partial charge in [-0.2, -0.15) is 0 Å². The lowest BCUT2D eigenvalue weighted by molar-refractivity contribution is -0.122. The van der Waals surface area contributed by atoms with Crippen LogP contribution in [0.25, 0.3) is 0 Å². The number of hydrogen-bond acceptors (Lipinski definition) is 2. The highest BCUT2D eigenvalue weighted by Crippen LogP contribution is 2.12. The lowest BCUT2D eigenvalue weighted by Crippen LogP contribution is -2.38. The first-order valence-corrected chi connectivity index (χ1v) is 4.54. The lowest BCUT2D eigenvalue weighted by Gasteiger charge is -2.19. The Morgan fingerprint density at radius 3 is 2.60 bits per heavy atom. The molecular formula is C11H14N2O2. The van der Waals surface area contributed by atoms with Crippen molar-refractivity contribution in [2.45, 2.75) is 6.90 Å². The number of benzene rings is 1. The summed E-state index contributed by atoms with van der Waals surface area (Å²) in [6.45, 7) is -0.426. The number of carbonyl (C=O) groups is 2. The van der Waals surface area contributed by atoms with Crippen LogP contribution in [-0.2, 0) is 9.59 Å². The van der Waals surface area contributed by atoms with Crippen molar-refractivity contribution in [1.29, 1.82) is 0 Å². The van der Waals surface area contributed by atoms with E-state index in [0.29, 0.717) is 5.69 Å². The van der Waals surface area contributed by atoms with Gasteiger partial charge in [0, 0.05) is 21.0 Å². The van der Waals surface area contributed by atoms with Gasteiger partial charge in [0.15, 0.2) is 0 Å². The number of anilines is 1. The number of likely N-dealkylation sites (N-methyl/N-ethyl adjacent to an activating group) is 1. The normalized spacial score (nSPS) is 10.3. The summed E-state index contributed by atoms with van der Waals surface area (Å²) in [5.74, 6) is -0.652. The Hall–Kier alpha value is -1.84. The SMILES string of the molecule is [2H]CC(=O)N(CC(=O)NC)c1ccccc1. The van der Waals surface area contributed by atoms with Crippen LogP contribution in [0.3, 0.4) is 0 Å². The Morgan fingerprint density at radius 2 is 2.07 bits per heavy atom. The third kappa shape index (κ3) is 3.09. The summed E-state index contributed by atoms with van der Waals surface area (Å²) < 4.78 is 7.07. The van der Waals surface area contributed by atoms with Gasteiger partial charge in [-0.15, -0.1) is 0 Å². The fraction of sp³-hybridized carbons (Fsp3) is 0.273. The second-order valence-corrected chi connectivity index (χ2v) is 2.99. The third-order valence-electron chi connectivity index (χ3n) is 1.95. The van der Waals surface area contributed by atoms with E-state index in [9.17, 15) is 9.59 Å². The lowest BCUT2D eigenvalue weighted by atomic mass is 10.3. The highest BCUT2D eigenvalue weighted by molar-refractivity contribution is 5.97.